The number of methoxy groups -OCH3 is 1. The summed E-state index contributed by atoms with van der Waals surface area (Å²) in [6, 6.07) is 12.1. The second-order valence-corrected chi connectivity index (χ2v) is 7.97. The van der Waals surface area contributed by atoms with Crippen molar-refractivity contribution in [3.63, 3.8) is 0 Å². The minimum Gasteiger partial charge on any atom is -0.494 e. The van der Waals surface area contributed by atoms with E-state index in [4.69, 9.17) is 4.74 Å². The second kappa shape index (κ2) is 9.98. The smallest absolute Gasteiger partial charge is 0.223 e. The predicted molar refractivity (Wildman–Crippen MR) is 113 cm³/mol. The molecule has 0 aromatic heterocycles. The van der Waals surface area contributed by atoms with Gasteiger partial charge in [0.1, 0.15) is 0 Å². The molecule has 154 valence electrons. The van der Waals surface area contributed by atoms with E-state index in [0.717, 1.165) is 23.1 Å². The maximum absolute atomic E-state index is 13.8. The number of benzene rings is 2. The first-order valence-corrected chi connectivity index (χ1v) is 10.4. The molecule has 3 rings (SSSR count). The Hall–Kier alpha value is -2.25. The van der Waals surface area contributed by atoms with Crippen molar-refractivity contribution in [2.24, 2.45) is 0 Å². The number of carbonyl (C=O) groups is 2. The molecule has 0 unspecified atom stereocenters. The Bertz CT molecular complexity index is 865. The van der Waals surface area contributed by atoms with Crippen molar-refractivity contribution in [2.45, 2.75) is 19.4 Å². The molecule has 0 radical (unpaired) electrons. The van der Waals surface area contributed by atoms with Gasteiger partial charge in [-0.1, -0.05) is 34.1 Å². The maximum atomic E-state index is 13.8. The molecule has 1 aliphatic rings. The van der Waals surface area contributed by atoms with Crippen molar-refractivity contribution in [3.05, 3.63) is 63.9 Å². The molecular formula is C22H24BrFN2O3. The molecule has 1 amide bonds. The highest BCUT2D eigenvalue weighted by atomic mass is 79.9. The Balaban J connectivity index is 1.44. The van der Waals surface area contributed by atoms with E-state index in [1.807, 2.05) is 18.2 Å². The zero-order chi connectivity index (χ0) is 20.8. The van der Waals surface area contributed by atoms with Crippen LogP contribution in [0.3, 0.4) is 0 Å². The monoisotopic (exact) mass is 462 g/mol. The highest BCUT2D eigenvalue weighted by molar-refractivity contribution is 9.10. The van der Waals surface area contributed by atoms with Crippen LogP contribution in [0.5, 0.6) is 5.75 Å². The average Bonchev–Trinajstić information content (AvgIpc) is 2.73. The van der Waals surface area contributed by atoms with Crippen LogP contribution >= 0.6 is 15.9 Å². The standard InChI is InChI=1S/C22H24BrFN2O3/c1-29-21-8-2-16(14-19(21)24)15-25-10-12-26(13-11-25)22(28)9-7-20(27)17-3-5-18(23)6-4-17/h2-6,8,14H,7,9-13,15H2,1H3. The van der Waals surface area contributed by atoms with Crippen molar-refractivity contribution >= 4 is 27.6 Å². The van der Waals surface area contributed by atoms with Gasteiger partial charge in [0.2, 0.25) is 5.91 Å². The number of hydrogen-bond acceptors (Lipinski definition) is 4. The first-order valence-electron chi connectivity index (χ1n) is 9.57. The lowest BCUT2D eigenvalue weighted by molar-refractivity contribution is -0.132. The average molecular weight is 463 g/mol. The van der Waals surface area contributed by atoms with Crippen LogP contribution in [-0.4, -0.2) is 54.8 Å². The van der Waals surface area contributed by atoms with E-state index in [1.54, 1.807) is 23.1 Å². The molecule has 0 bridgehead atoms. The molecule has 0 N–H and O–H groups in total. The summed E-state index contributed by atoms with van der Waals surface area (Å²) in [6.07, 6.45) is 0.435. The fourth-order valence-corrected chi connectivity index (χ4v) is 3.64. The number of Topliss-reactive ketones (excluding diaryl/α,β-unsaturated/α-hetero) is 1. The molecule has 1 heterocycles. The molecule has 2 aromatic carbocycles. The van der Waals surface area contributed by atoms with Crippen LogP contribution in [0.2, 0.25) is 0 Å². The van der Waals surface area contributed by atoms with E-state index in [9.17, 15) is 14.0 Å². The molecule has 5 nitrogen and oxygen atoms in total. The largest absolute Gasteiger partial charge is 0.494 e. The molecule has 1 fully saturated rings. The van der Waals surface area contributed by atoms with Gasteiger partial charge in [0.15, 0.2) is 17.3 Å². The van der Waals surface area contributed by atoms with Gasteiger partial charge in [0.05, 0.1) is 7.11 Å². The molecule has 29 heavy (non-hydrogen) atoms. The van der Waals surface area contributed by atoms with Crippen LogP contribution in [0.1, 0.15) is 28.8 Å². The van der Waals surface area contributed by atoms with Gasteiger partial charge in [-0.15, -0.1) is 0 Å². The SMILES string of the molecule is COc1ccc(CN2CCN(C(=O)CCC(=O)c3ccc(Br)cc3)CC2)cc1F. The van der Waals surface area contributed by atoms with Crippen LogP contribution in [0.4, 0.5) is 4.39 Å². The second-order valence-electron chi connectivity index (χ2n) is 7.06. The van der Waals surface area contributed by atoms with E-state index in [-0.39, 0.29) is 36.1 Å². The van der Waals surface area contributed by atoms with Crippen LogP contribution in [-0.2, 0) is 11.3 Å². The Morgan fingerprint density at radius 2 is 1.72 bits per heavy atom. The minimum atomic E-state index is -0.366. The van der Waals surface area contributed by atoms with Crippen LogP contribution in [0.25, 0.3) is 0 Å². The summed E-state index contributed by atoms with van der Waals surface area (Å²) in [5.41, 5.74) is 1.50. The van der Waals surface area contributed by atoms with Crippen molar-refractivity contribution in [1.29, 1.82) is 0 Å². The molecule has 0 atom stereocenters. The zero-order valence-corrected chi connectivity index (χ0v) is 18.0. The summed E-state index contributed by atoms with van der Waals surface area (Å²) in [4.78, 5) is 28.7. The summed E-state index contributed by atoms with van der Waals surface area (Å²) in [5, 5.41) is 0. The fourth-order valence-electron chi connectivity index (χ4n) is 3.38. The summed E-state index contributed by atoms with van der Waals surface area (Å²) in [7, 11) is 1.45. The van der Waals surface area contributed by atoms with Gasteiger partial charge in [0.25, 0.3) is 0 Å². The highest BCUT2D eigenvalue weighted by Gasteiger charge is 2.22. The molecule has 2 aromatic rings. The number of hydrogen-bond donors (Lipinski definition) is 0. The normalized spacial score (nSPS) is 14.7. The zero-order valence-electron chi connectivity index (χ0n) is 16.4. The first-order chi connectivity index (χ1) is 14.0. The highest BCUT2D eigenvalue weighted by Crippen LogP contribution is 2.19. The first kappa shape index (κ1) is 21.5. The van der Waals surface area contributed by atoms with Crippen molar-refractivity contribution in [1.82, 2.24) is 9.80 Å². The number of nitrogens with zero attached hydrogens (tertiary/aromatic N) is 2. The Morgan fingerprint density at radius 1 is 1.03 bits per heavy atom. The Labute approximate surface area is 178 Å². The van der Waals surface area contributed by atoms with Crippen molar-refractivity contribution < 1.29 is 18.7 Å². The molecule has 0 saturated carbocycles. The lowest BCUT2D eigenvalue weighted by atomic mass is 10.1. The summed E-state index contributed by atoms with van der Waals surface area (Å²) in [6.45, 7) is 3.30. The number of ether oxygens (including phenoxy) is 1. The molecular weight excluding hydrogens is 439 g/mol. The topological polar surface area (TPSA) is 49.9 Å². The lowest BCUT2D eigenvalue weighted by Crippen LogP contribution is -2.48. The number of carbonyl (C=O) groups excluding carboxylic acids is 2. The number of rotatable bonds is 7. The predicted octanol–water partition coefficient (Wildman–Crippen LogP) is 3.90. The van der Waals surface area contributed by atoms with Gasteiger partial charge >= 0.3 is 0 Å². The number of amides is 1. The third kappa shape index (κ3) is 5.87. The van der Waals surface area contributed by atoms with E-state index in [1.165, 1.54) is 13.2 Å². The summed E-state index contributed by atoms with van der Waals surface area (Å²) >= 11 is 3.34. The van der Waals surface area contributed by atoms with Gasteiger partial charge < -0.3 is 9.64 Å². The van der Waals surface area contributed by atoms with Crippen molar-refractivity contribution in [2.75, 3.05) is 33.3 Å². The van der Waals surface area contributed by atoms with E-state index >= 15 is 0 Å². The van der Waals surface area contributed by atoms with Crippen LogP contribution in [0, 0.1) is 5.82 Å². The van der Waals surface area contributed by atoms with Gasteiger partial charge in [-0.3, -0.25) is 14.5 Å². The molecule has 0 spiro atoms. The van der Waals surface area contributed by atoms with Crippen LogP contribution in [0.15, 0.2) is 46.9 Å². The molecule has 1 aliphatic heterocycles. The van der Waals surface area contributed by atoms with Gasteiger partial charge in [-0.2, -0.15) is 0 Å². The third-order valence-corrected chi connectivity index (χ3v) is 5.61. The number of ketones is 1. The quantitative estimate of drug-likeness (QED) is 0.585. The molecule has 1 saturated heterocycles. The van der Waals surface area contributed by atoms with E-state index in [2.05, 4.69) is 20.8 Å². The Morgan fingerprint density at radius 3 is 2.34 bits per heavy atom. The Kier molecular flexibility index (Phi) is 7.39. The number of piperazine rings is 1. The van der Waals surface area contributed by atoms with E-state index < -0.39 is 0 Å². The van der Waals surface area contributed by atoms with Crippen LogP contribution < -0.4 is 4.74 Å². The molecule has 7 heteroatoms. The molecule has 0 aliphatic carbocycles. The van der Waals surface area contributed by atoms with E-state index in [0.29, 0.717) is 25.2 Å². The fraction of sp³-hybridized carbons (Fsp3) is 0.364. The van der Waals surface area contributed by atoms with Gasteiger partial charge in [-0.05, 0) is 29.8 Å². The maximum Gasteiger partial charge on any atom is 0.223 e. The third-order valence-electron chi connectivity index (χ3n) is 5.08. The lowest BCUT2D eigenvalue weighted by Gasteiger charge is -2.34. The summed E-state index contributed by atoms with van der Waals surface area (Å²) < 4.78 is 19.7. The van der Waals surface area contributed by atoms with Gasteiger partial charge in [0, 0.05) is 55.6 Å². The summed E-state index contributed by atoms with van der Waals surface area (Å²) in [5.74, 6) is -0.146. The minimum absolute atomic E-state index is 0.00519. The number of halogens is 2. The van der Waals surface area contributed by atoms with Gasteiger partial charge in [-0.25, -0.2) is 4.39 Å². The van der Waals surface area contributed by atoms with Crippen molar-refractivity contribution in [3.8, 4) is 5.75 Å².